The van der Waals surface area contributed by atoms with Gasteiger partial charge < -0.3 is 5.32 Å². The van der Waals surface area contributed by atoms with Crippen molar-refractivity contribution >= 4 is 39.1 Å². The summed E-state index contributed by atoms with van der Waals surface area (Å²) < 4.78 is 26.1. The van der Waals surface area contributed by atoms with Crippen LogP contribution in [0.3, 0.4) is 0 Å². The Morgan fingerprint density at radius 3 is 2.57 bits per heavy atom. The molecule has 0 bridgehead atoms. The number of carbonyl (C=O) groups is 1. The number of likely N-dealkylation sites (N-methyl/N-ethyl adjacent to an activating group) is 1. The molecule has 8 heteroatoms. The van der Waals surface area contributed by atoms with E-state index in [1.54, 1.807) is 0 Å². The number of rotatable bonds is 5. The first-order valence-corrected chi connectivity index (χ1v) is 9.71. The van der Waals surface area contributed by atoms with Crippen LogP contribution in [-0.4, -0.2) is 38.3 Å². The molecule has 1 aromatic rings. The molecule has 2 rings (SSSR count). The highest BCUT2D eigenvalue weighted by Gasteiger charge is 2.26. The number of amides is 1. The Hall–Kier alpha value is -0.820. The summed E-state index contributed by atoms with van der Waals surface area (Å²) in [6.45, 7) is -0.248. The molecule has 1 aliphatic carbocycles. The molecular formula is C15H20Cl2N2O3S. The van der Waals surface area contributed by atoms with Gasteiger partial charge in [-0.3, -0.25) is 4.79 Å². The molecule has 1 amide bonds. The largest absolute Gasteiger partial charge is 0.352 e. The van der Waals surface area contributed by atoms with Crippen LogP contribution in [0.15, 0.2) is 23.1 Å². The number of nitrogens with zero attached hydrogens (tertiary/aromatic N) is 1. The Labute approximate surface area is 147 Å². The number of hydrogen-bond donors (Lipinski definition) is 1. The third-order valence-corrected chi connectivity index (χ3v) is 6.44. The lowest BCUT2D eigenvalue weighted by atomic mass is 9.95. The van der Waals surface area contributed by atoms with Crippen molar-refractivity contribution in [2.24, 2.45) is 0 Å². The Bertz CT molecular complexity index is 673. The van der Waals surface area contributed by atoms with Gasteiger partial charge in [-0.15, -0.1) is 0 Å². The summed E-state index contributed by atoms with van der Waals surface area (Å²) in [4.78, 5) is 12.0. The van der Waals surface area contributed by atoms with E-state index in [2.05, 4.69) is 5.32 Å². The van der Waals surface area contributed by atoms with Crippen LogP contribution >= 0.6 is 23.2 Å². The van der Waals surface area contributed by atoms with Crippen molar-refractivity contribution in [3.05, 3.63) is 28.2 Å². The SMILES string of the molecule is CN(CC(=O)NC1CCCCC1)S(=O)(=O)c1cc(Cl)ccc1Cl. The fourth-order valence-electron chi connectivity index (χ4n) is 2.65. The molecule has 128 valence electrons. The van der Waals surface area contributed by atoms with E-state index in [-0.39, 0.29) is 33.4 Å². The van der Waals surface area contributed by atoms with Crippen molar-refractivity contribution in [3.63, 3.8) is 0 Å². The van der Waals surface area contributed by atoms with Crippen LogP contribution in [0.2, 0.25) is 10.0 Å². The molecule has 1 aliphatic rings. The van der Waals surface area contributed by atoms with Crippen molar-refractivity contribution < 1.29 is 13.2 Å². The highest BCUT2D eigenvalue weighted by Crippen LogP contribution is 2.27. The third-order valence-electron chi connectivity index (χ3n) is 3.92. The molecule has 0 spiro atoms. The third kappa shape index (κ3) is 4.83. The summed E-state index contributed by atoms with van der Waals surface area (Å²) in [5, 5.41) is 3.24. The van der Waals surface area contributed by atoms with Gasteiger partial charge in [-0.05, 0) is 31.0 Å². The van der Waals surface area contributed by atoms with Gasteiger partial charge in [-0.1, -0.05) is 42.5 Å². The molecule has 0 atom stereocenters. The van der Waals surface area contributed by atoms with Gasteiger partial charge in [-0.25, -0.2) is 8.42 Å². The maximum atomic E-state index is 12.5. The number of sulfonamides is 1. The van der Waals surface area contributed by atoms with Gasteiger partial charge >= 0.3 is 0 Å². The predicted octanol–water partition coefficient (Wildman–Crippen LogP) is 3.06. The minimum Gasteiger partial charge on any atom is -0.352 e. The van der Waals surface area contributed by atoms with Crippen LogP contribution in [0.25, 0.3) is 0 Å². The summed E-state index contributed by atoms with van der Waals surface area (Å²) in [6.07, 6.45) is 5.27. The normalized spacial score (nSPS) is 16.5. The van der Waals surface area contributed by atoms with E-state index in [1.807, 2.05) is 0 Å². The molecule has 1 fully saturated rings. The molecular weight excluding hydrogens is 359 g/mol. The number of halogens is 2. The molecule has 1 N–H and O–H groups in total. The van der Waals surface area contributed by atoms with Gasteiger partial charge in [0, 0.05) is 18.1 Å². The van der Waals surface area contributed by atoms with Gasteiger partial charge in [0.1, 0.15) is 4.90 Å². The number of carbonyl (C=O) groups excluding carboxylic acids is 1. The lowest BCUT2D eigenvalue weighted by molar-refractivity contribution is -0.122. The minimum absolute atomic E-state index is 0.0777. The molecule has 23 heavy (non-hydrogen) atoms. The first-order chi connectivity index (χ1) is 10.8. The van der Waals surface area contributed by atoms with Crippen LogP contribution in [0.1, 0.15) is 32.1 Å². The molecule has 5 nitrogen and oxygen atoms in total. The Morgan fingerprint density at radius 1 is 1.26 bits per heavy atom. The standard InChI is InChI=1S/C15H20Cl2N2O3S/c1-19(10-15(20)18-12-5-3-2-4-6-12)23(21,22)14-9-11(16)7-8-13(14)17/h7-9,12H,2-6,10H2,1H3,(H,18,20). The summed E-state index contributed by atoms with van der Waals surface area (Å²) in [6, 6.07) is 4.36. The average Bonchev–Trinajstić information content (AvgIpc) is 2.50. The number of benzene rings is 1. The smallest absolute Gasteiger partial charge is 0.244 e. The lowest BCUT2D eigenvalue weighted by Crippen LogP contribution is -2.43. The van der Waals surface area contributed by atoms with Crippen molar-refractivity contribution in [2.75, 3.05) is 13.6 Å². The zero-order chi connectivity index (χ0) is 17.0. The van der Waals surface area contributed by atoms with Gasteiger partial charge in [0.15, 0.2) is 0 Å². The van der Waals surface area contributed by atoms with Crippen LogP contribution < -0.4 is 5.32 Å². The van der Waals surface area contributed by atoms with Gasteiger partial charge in [0.2, 0.25) is 15.9 Å². The van der Waals surface area contributed by atoms with E-state index < -0.39 is 10.0 Å². The van der Waals surface area contributed by atoms with Crippen molar-refractivity contribution in [1.82, 2.24) is 9.62 Å². The topological polar surface area (TPSA) is 66.5 Å². The van der Waals surface area contributed by atoms with E-state index in [0.29, 0.717) is 0 Å². The zero-order valence-corrected chi connectivity index (χ0v) is 15.2. The predicted molar refractivity (Wildman–Crippen MR) is 91.3 cm³/mol. The van der Waals surface area contributed by atoms with Crippen LogP contribution in [0.5, 0.6) is 0 Å². The van der Waals surface area contributed by atoms with E-state index in [9.17, 15) is 13.2 Å². The maximum absolute atomic E-state index is 12.5. The molecule has 0 aliphatic heterocycles. The van der Waals surface area contributed by atoms with E-state index >= 15 is 0 Å². The second kappa shape index (κ2) is 7.83. The zero-order valence-electron chi connectivity index (χ0n) is 12.9. The second-order valence-corrected chi connectivity index (χ2v) is 8.60. The van der Waals surface area contributed by atoms with E-state index in [0.717, 1.165) is 30.0 Å². The fourth-order valence-corrected chi connectivity index (χ4v) is 4.51. The molecule has 0 saturated heterocycles. The molecule has 1 saturated carbocycles. The Balaban J connectivity index is 2.04. The van der Waals surface area contributed by atoms with Gasteiger partial charge in [-0.2, -0.15) is 4.31 Å². The van der Waals surface area contributed by atoms with Crippen molar-refractivity contribution in [3.8, 4) is 0 Å². The minimum atomic E-state index is -3.87. The highest BCUT2D eigenvalue weighted by molar-refractivity contribution is 7.89. The van der Waals surface area contributed by atoms with Gasteiger partial charge in [0.25, 0.3) is 0 Å². The van der Waals surface area contributed by atoms with Crippen LogP contribution in [0.4, 0.5) is 0 Å². The molecule has 1 aromatic carbocycles. The van der Waals surface area contributed by atoms with Crippen molar-refractivity contribution in [1.29, 1.82) is 0 Å². The number of nitrogens with one attached hydrogen (secondary N) is 1. The lowest BCUT2D eigenvalue weighted by Gasteiger charge is -2.24. The quantitative estimate of drug-likeness (QED) is 0.855. The molecule has 0 aromatic heterocycles. The fraction of sp³-hybridized carbons (Fsp3) is 0.533. The van der Waals surface area contributed by atoms with Crippen molar-refractivity contribution in [2.45, 2.75) is 43.0 Å². The average molecular weight is 379 g/mol. The second-order valence-electron chi connectivity index (χ2n) is 5.74. The first-order valence-electron chi connectivity index (χ1n) is 7.51. The summed E-state index contributed by atoms with van der Waals surface area (Å²) in [5.41, 5.74) is 0. The van der Waals surface area contributed by atoms with E-state index in [4.69, 9.17) is 23.2 Å². The Kier molecular flexibility index (Phi) is 6.31. The van der Waals surface area contributed by atoms with E-state index in [1.165, 1.54) is 31.7 Å². The van der Waals surface area contributed by atoms with Crippen LogP contribution in [0, 0.1) is 0 Å². The molecule has 0 radical (unpaired) electrons. The monoisotopic (exact) mass is 378 g/mol. The molecule has 0 heterocycles. The summed E-state index contributed by atoms with van der Waals surface area (Å²) in [7, 11) is -2.52. The van der Waals surface area contributed by atoms with Gasteiger partial charge in [0.05, 0.1) is 11.6 Å². The highest BCUT2D eigenvalue weighted by atomic mass is 35.5. The summed E-state index contributed by atoms with van der Waals surface area (Å²) in [5.74, 6) is -0.305. The first kappa shape index (κ1) is 18.5. The van der Waals surface area contributed by atoms with Crippen LogP contribution in [-0.2, 0) is 14.8 Å². The maximum Gasteiger partial charge on any atom is 0.244 e. The number of hydrogen-bond acceptors (Lipinski definition) is 3. The molecule has 0 unspecified atom stereocenters. The summed E-state index contributed by atoms with van der Waals surface area (Å²) >= 11 is 11.8. The Morgan fingerprint density at radius 2 is 1.91 bits per heavy atom.